The number of benzene rings is 1. The Morgan fingerprint density at radius 2 is 2.09 bits per heavy atom. The molecule has 1 N–H and O–H groups in total. The first-order valence-electron chi connectivity index (χ1n) is 11.4. The number of aldehydes is 1. The molecule has 1 saturated carbocycles. The Morgan fingerprint density at radius 1 is 1.29 bits per heavy atom. The maximum atomic E-state index is 13.8. The zero-order valence-corrected chi connectivity index (χ0v) is 20.4. The van der Waals surface area contributed by atoms with E-state index < -0.39 is 5.41 Å². The maximum Gasteiger partial charge on any atom is 0.235 e. The second-order valence-electron chi connectivity index (χ2n) is 8.96. The van der Waals surface area contributed by atoms with Crippen molar-refractivity contribution in [1.29, 1.82) is 0 Å². The van der Waals surface area contributed by atoms with Crippen molar-refractivity contribution < 1.29 is 14.7 Å². The number of aromatic nitrogens is 2. The Labute approximate surface area is 204 Å². The molecule has 176 valence electrons. The van der Waals surface area contributed by atoms with Crippen molar-refractivity contribution >= 4 is 29.1 Å². The van der Waals surface area contributed by atoms with Crippen molar-refractivity contribution in [2.45, 2.75) is 51.5 Å². The summed E-state index contributed by atoms with van der Waals surface area (Å²) < 4.78 is 0. The molecule has 1 aliphatic carbocycles. The van der Waals surface area contributed by atoms with Gasteiger partial charge in [0.1, 0.15) is 16.5 Å². The number of thiazole rings is 1. The summed E-state index contributed by atoms with van der Waals surface area (Å²) in [7, 11) is 0. The summed E-state index contributed by atoms with van der Waals surface area (Å²) in [5.41, 5.74) is 3.85. The van der Waals surface area contributed by atoms with Crippen LogP contribution in [-0.4, -0.2) is 38.7 Å². The molecule has 4 rings (SSSR count). The molecule has 34 heavy (non-hydrogen) atoms. The van der Waals surface area contributed by atoms with Gasteiger partial charge in [-0.15, -0.1) is 11.3 Å². The number of nitrogens with zero attached hydrogens (tertiary/aromatic N) is 3. The fraction of sp³-hybridized carbons (Fsp3) is 0.333. The Balaban J connectivity index is 1.53. The quantitative estimate of drug-likeness (QED) is 0.413. The van der Waals surface area contributed by atoms with Crippen LogP contribution < -0.4 is 0 Å². The van der Waals surface area contributed by atoms with Gasteiger partial charge in [0.25, 0.3) is 0 Å². The van der Waals surface area contributed by atoms with Gasteiger partial charge in [-0.2, -0.15) is 0 Å². The van der Waals surface area contributed by atoms with Crippen molar-refractivity contribution in [3.05, 3.63) is 81.6 Å². The predicted molar refractivity (Wildman–Crippen MR) is 134 cm³/mol. The number of pyridine rings is 1. The van der Waals surface area contributed by atoms with E-state index in [9.17, 15) is 14.7 Å². The summed E-state index contributed by atoms with van der Waals surface area (Å²) in [4.78, 5) is 36.5. The highest BCUT2D eigenvalue weighted by molar-refractivity contribution is 7.11. The van der Waals surface area contributed by atoms with E-state index in [2.05, 4.69) is 34.7 Å². The van der Waals surface area contributed by atoms with Crippen LogP contribution in [0.1, 0.15) is 63.4 Å². The molecule has 1 fully saturated rings. The fourth-order valence-corrected chi connectivity index (χ4v) is 5.12. The molecule has 0 aliphatic heterocycles. The Morgan fingerprint density at radius 3 is 2.71 bits per heavy atom. The molecule has 0 radical (unpaired) electrons. The highest BCUT2D eigenvalue weighted by Crippen LogP contribution is 2.49. The Bertz CT molecular complexity index is 1210. The topological polar surface area (TPSA) is 83.4 Å². The second kappa shape index (κ2) is 9.89. The van der Waals surface area contributed by atoms with E-state index in [4.69, 9.17) is 0 Å². The van der Waals surface area contributed by atoms with Crippen LogP contribution in [0.5, 0.6) is 5.75 Å². The van der Waals surface area contributed by atoms with Gasteiger partial charge < -0.3 is 10.0 Å². The molecule has 1 amide bonds. The van der Waals surface area contributed by atoms with Crippen LogP contribution >= 0.6 is 11.3 Å². The molecule has 3 aromatic rings. The second-order valence-corrected chi connectivity index (χ2v) is 10.2. The van der Waals surface area contributed by atoms with E-state index in [1.165, 1.54) is 23.1 Å². The number of rotatable bonds is 10. The highest BCUT2D eigenvalue weighted by Gasteiger charge is 2.54. The Kier molecular flexibility index (Phi) is 6.93. The summed E-state index contributed by atoms with van der Waals surface area (Å²) in [5.74, 6) is 0.113. The van der Waals surface area contributed by atoms with E-state index in [-0.39, 0.29) is 11.7 Å². The number of hydrogen-bond acceptors (Lipinski definition) is 6. The SMILES string of the molecule is C=C(C)c1cccc(CCCN(Cc2nc(C=O)c(C)s2)C(=O)C2(c3ccc(O)cn3)CC2)c1. The lowest BCUT2D eigenvalue weighted by Gasteiger charge is -2.27. The lowest BCUT2D eigenvalue weighted by atomic mass is 9.99. The van der Waals surface area contributed by atoms with Gasteiger partial charge in [-0.25, -0.2) is 4.98 Å². The zero-order valence-electron chi connectivity index (χ0n) is 19.6. The fourth-order valence-electron chi connectivity index (χ4n) is 4.20. The average Bonchev–Trinajstić information content (AvgIpc) is 3.56. The molecule has 2 aromatic heterocycles. The summed E-state index contributed by atoms with van der Waals surface area (Å²) in [6.45, 7) is 8.83. The molecular weight excluding hydrogens is 446 g/mol. The van der Waals surface area contributed by atoms with Crippen LogP contribution in [0.15, 0.2) is 49.2 Å². The molecule has 1 aliphatic rings. The molecular formula is C27H29N3O3S. The van der Waals surface area contributed by atoms with Crippen molar-refractivity contribution in [3.63, 3.8) is 0 Å². The number of carbonyl (C=O) groups is 2. The van der Waals surface area contributed by atoms with Crippen LogP contribution in [-0.2, 0) is 23.2 Å². The molecule has 0 bridgehead atoms. The molecule has 6 nitrogen and oxygen atoms in total. The standard InChI is InChI=1S/C27H29N3O3S/c1-18(2)21-8-4-6-20(14-21)7-5-13-30(16-25-29-23(17-31)19(3)34-25)26(33)27(11-12-27)24-10-9-22(32)15-28-24/h4,6,8-10,14-15,17,32H,1,5,7,11-13,16H2,2-3H3. The average molecular weight is 476 g/mol. The number of aromatic hydroxyl groups is 1. The molecule has 0 unspecified atom stereocenters. The third kappa shape index (κ3) is 5.09. The summed E-state index contributed by atoms with van der Waals surface area (Å²) in [6, 6.07) is 11.7. The zero-order chi connectivity index (χ0) is 24.3. The first-order valence-corrected chi connectivity index (χ1v) is 12.3. The minimum Gasteiger partial charge on any atom is -0.506 e. The number of carbonyl (C=O) groups excluding carboxylic acids is 2. The van der Waals surface area contributed by atoms with E-state index in [0.29, 0.717) is 24.5 Å². The molecule has 0 spiro atoms. The van der Waals surface area contributed by atoms with Crippen LogP contribution in [0.25, 0.3) is 5.57 Å². The number of aryl methyl sites for hydroxylation is 2. The third-order valence-corrected chi connectivity index (χ3v) is 7.28. The van der Waals surface area contributed by atoms with Crippen LogP contribution in [0.2, 0.25) is 0 Å². The monoisotopic (exact) mass is 475 g/mol. The Hall–Kier alpha value is -3.32. The van der Waals surface area contributed by atoms with Crippen LogP contribution in [0, 0.1) is 6.92 Å². The minimum atomic E-state index is -0.645. The van der Waals surface area contributed by atoms with Gasteiger partial charge in [-0.05, 0) is 62.8 Å². The molecule has 1 aromatic carbocycles. The molecule has 0 atom stereocenters. The van der Waals surface area contributed by atoms with Gasteiger partial charge in [0.2, 0.25) is 5.91 Å². The van der Waals surface area contributed by atoms with Gasteiger partial charge in [0.15, 0.2) is 6.29 Å². The number of amides is 1. The van der Waals surface area contributed by atoms with Crippen molar-refractivity contribution in [3.8, 4) is 5.75 Å². The smallest absolute Gasteiger partial charge is 0.235 e. The van der Waals surface area contributed by atoms with Gasteiger partial charge in [0.05, 0.1) is 23.9 Å². The predicted octanol–water partition coefficient (Wildman–Crippen LogP) is 5.09. The van der Waals surface area contributed by atoms with Gasteiger partial charge >= 0.3 is 0 Å². The van der Waals surface area contributed by atoms with Gasteiger partial charge in [-0.3, -0.25) is 14.6 Å². The summed E-state index contributed by atoms with van der Waals surface area (Å²) in [6.07, 6.45) is 5.26. The maximum absolute atomic E-state index is 13.8. The molecule has 2 heterocycles. The molecule has 0 saturated heterocycles. The van der Waals surface area contributed by atoms with E-state index >= 15 is 0 Å². The highest BCUT2D eigenvalue weighted by atomic mass is 32.1. The minimum absolute atomic E-state index is 0.0295. The largest absolute Gasteiger partial charge is 0.506 e. The lowest BCUT2D eigenvalue weighted by molar-refractivity contribution is -0.134. The first kappa shape index (κ1) is 23.8. The lowest BCUT2D eigenvalue weighted by Crippen LogP contribution is -2.40. The van der Waals surface area contributed by atoms with Gasteiger partial charge in [0, 0.05) is 11.4 Å². The van der Waals surface area contributed by atoms with E-state index in [1.54, 1.807) is 12.1 Å². The van der Waals surface area contributed by atoms with Gasteiger partial charge in [-0.1, -0.05) is 36.4 Å². The number of hydrogen-bond donors (Lipinski definition) is 1. The van der Waals surface area contributed by atoms with E-state index in [0.717, 1.165) is 53.0 Å². The number of allylic oxidation sites excluding steroid dienone is 1. The van der Waals surface area contributed by atoms with Crippen molar-refractivity contribution in [2.75, 3.05) is 6.54 Å². The summed E-state index contributed by atoms with van der Waals surface area (Å²) in [5, 5.41) is 10.4. The van der Waals surface area contributed by atoms with Crippen LogP contribution in [0.4, 0.5) is 0 Å². The normalized spacial score (nSPS) is 13.9. The van der Waals surface area contributed by atoms with Crippen LogP contribution in [0.3, 0.4) is 0 Å². The van der Waals surface area contributed by atoms with E-state index in [1.807, 2.05) is 24.8 Å². The van der Waals surface area contributed by atoms with Crippen molar-refractivity contribution in [2.24, 2.45) is 0 Å². The summed E-state index contributed by atoms with van der Waals surface area (Å²) >= 11 is 1.45. The first-order chi connectivity index (χ1) is 16.3. The molecule has 7 heteroatoms. The van der Waals surface area contributed by atoms with Crippen molar-refractivity contribution in [1.82, 2.24) is 14.9 Å². The third-order valence-electron chi connectivity index (χ3n) is 6.31.